The van der Waals surface area contributed by atoms with Crippen LogP contribution in [0.5, 0.6) is 11.5 Å². The topological polar surface area (TPSA) is 97.7 Å². The Labute approximate surface area is 170 Å². The molecular weight excluding hydrogens is 407 g/mol. The Morgan fingerprint density at radius 1 is 1.14 bits per heavy atom. The number of halogens is 2. The number of fused-ring (bicyclic) bond motifs is 1. The standard InChI is InChI=1S/C19H14Cl2N2O5/c20-14-8-13(2-1-12(14)9-22)23-17(24)10-28-18(25)7-11-5-15(21)19-16(6-11)26-3-4-27-19/h1-2,5-6,8H,3-4,7,10H2,(H,23,24). The van der Waals surface area contributed by atoms with E-state index in [0.29, 0.717) is 46.5 Å². The van der Waals surface area contributed by atoms with E-state index >= 15 is 0 Å². The molecule has 0 saturated heterocycles. The highest BCUT2D eigenvalue weighted by atomic mass is 35.5. The first-order valence-corrected chi connectivity index (χ1v) is 8.95. The summed E-state index contributed by atoms with van der Waals surface area (Å²) in [4.78, 5) is 23.9. The summed E-state index contributed by atoms with van der Waals surface area (Å²) in [5, 5.41) is 11.9. The maximum Gasteiger partial charge on any atom is 0.310 e. The van der Waals surface area contributed by atoms with Gasteiger partial charge in [-0.2, -0.15) is 5.26 Å². The van der Waals surface area contributed by atoms with Gasteiger partial charge in [-0.25, -0.2) is 0 Å². The van der Waals surface area contributed by atoms with E-state index in [1.54, 1.807) is 12.1 Å². The summed E-state index contributed by atoms with van der Waals surface area (Å²) < 4.78 is 15.9. The zero-order chi connectivity index (χ0) is 20.1. The van der Waals surface area contributed by atoms with E-state index in [0.717, 1.165) is 0 Å². The molecule has 0 atom stereocenters. The van der Waals surface area contributed by atoms with Gasteiger partial charge in [-0.3, -0.25) is 9.59 Å². The first-order valence-electron chi connectivity index (χ1n) is 8.19. The third kappa shape index (κ3) is 4.85. The lowest BCUT2D eigenvalue weighted by molar-refractivity contribution is -0.146. The van der Waals surface area contributed by atoms with Crippen LogP contribution in [0.2, 0.25) is 10.0 Å². The van der Waals surface area contributed by atoms with Crippen LogP contribution in [0.25, 0.3) is 0 Å². The minimum absolute atomic E-state index is 0.0770. The molecule has 0 fully saturated rings. The maximum absolute atomic E-state index is 12.0. The van der Waals surface area contributed by atoms with E-state index in [4.69, 9.17) is 42.7 Å². The minimum atomic E-state index is -0.597. The van der Waals surface area contributed by atoms with Gasteiger partial charge in [-0.05, 0) is 35.9 Å². The number of benzene rings is 2. The van der Waals surface area contributed by atoms with Crippen molar-refractivity contribution in [3.05, 3.63) is 51.5 Å². The van der Waals surface area contributed by atoms with Crippen LogP contribution in [0.3, 0.4) is 0 Å². The number of anilines is 1. The van der Waals surface area contributed by atoms with Crippen LogP contribution in [0.1, 0.15) is 11.1 Å². The Morgan fingerprint density at radius 3 is 2.68 bits per heavy atom. The van der Waals surface area contributed by atoms with Crippen molar-refractivity contribution in [1.29, 1.82) is 5.26 Å². The second kappa shape index (κ2) is 8.83. The summed E-state index contributed by atoms with van der Waals surface area (Å²) in [6.07, 6.45) is -0.0770. The number of nitrogens with zero attached hydrogens (tertiary/aromatic N) is 1. The number of nitrogens with one attached hydrogen (secondary N) is 1. The quantitative estimate of drug-likeness (QED) is 0.744. The second-order valence-corrected chi connectivity index (χ2v) is 6.61. The van der Waals surface area contributed by atoms with Crippen molar-refractivity contribution in [2.45, 2.75) is 6.42 Å². The van der Waals surface area contributed by atoms with Crippen molar-refractivity contribution in [3.8, 4) is 17.6 Å². The molecule has 1 aliphatic rings. The van der Waals surface area contributed by atoms with Crippen molar-refractivity contribution in [2.75, 3.05) is 25.1 Å². The molecule has 0 unspecified atom stereocenters. The monoisotopic (exact) mass is 420 g/mol. The summed E-state index contributed by atoms with van der Waals surface area (Å²) in [5.74, 6) is -0.211. The lowest BCUT2D eigenvalue weighted by Crippen LogP contribution is -2.21. The molecule has 28 heavy (non-hydrogen) atoms. The molecule has 3 rings (SSSR count). The van der Waals surface area contributed by atoms with Crippen LogP contribution in [0, 0.1) is 11.3 Å². The molecule has 1 heterocycles. The smallest absolute Gasteiger partial charge is 0.310 e. The summed E-state index contributed by atoms with van der Waals surface area (Å²) in [6, 6.07) is 9.62. The van der Waals surface area contributed by atoms with Crippen molar-refractivity contribution < 1.29 is 23.8 Å². The number of ether oxygens (including phenoxy) is 3. The lowest BCUT2D eigenvalue weighted by Gasteiger charge is -2.20. The molecular formula is C19H14Cl2N2O5. The van der Waals surface area contributed by atoms with Gasteiger partial charge in [0.1, 0.15) is 19.3 Å². The second-order valence-electron chi connectivity index (χ2n) is 5.79. The Balaban J connectivity index is 1.53. The van der Waals surface area contributed by atoms with Gasteiger partial charge in [0, 0.05) is 5.69 Å². The van der Waals surface area contributed by atoms with Crippen LogP contribution in [-0.2, 0) is 20.7 Å². The SMILES string of the molecule is N#Cc1ccc(NC(=O)COC(=O)Cc2cc(Cl)c3c(c2)OCCO3)cc1Cl. The molecule has 0 bridgehead atoms. The van der Waals surface area contributed by atoms with Crippen LogP contribution in [0.15, 0.2) is 30.3 Å². The zero-order valence-corrected chi connectivity index (χ0v) is 16.0. The fraction of sp³-hybridized carbons (Fsp3) is 0.211. The molecule has 0 radical (unpaired) electrons. The van der Waals surface area contributed by atoms with E-state index in [2.05, 4.69) is 5.32 Å². The fourth-order valence-electron chi connectivity index (χ4n) is 2.51. The number of esters is 1. The molecule has 1 aliphatic heterocycles. The van der Waals surface area contributed by atoms with E-state index in [1.165, 1.54) is 18.2 Å². The lowest BCUT2D eigenvalue weighted by atomic mass is 10.1. The van der Waals surface area contributed by atoms with E-state index in [9.17, 15) is 9.59 Å². The molecule has 0 aromatic heterocycles. The Morgan fingerprint density at radius 2 is 1.93 bits per heavy atom. The molecule has 9 heteroatoms. The molecule has 7 nitrogen and oxygen atoms in total. The van der Waals surface area contributed by atoms with Crippen molar-refractivity contribution in [3.63, 3.8) is 0 Å². The van der Waals surface area contributed by atoms with Crippen LogP contribution >= 0.6 is 23.2 Å². The largest absolute Gasteiger partial charge is 0.486 e. The van der Waals surface area contributed by atoms with Gasteiger partial charge in [-0.1, -0.05) is 23.2 Å². The summed E-state index contributed by atoms with van der Waals surface area (Å²) in [7, 11) is 0. The molecule has 1 amide bonds. The summed E-state index contributed by atoms with van der Waals surface area (Å²) >= 11 is 12.0. The van der Waals surface area contributed by atoms with Crippen LogP contribution in [0.4, 0.5) is 5.69 Å². The van der Waals surface area contributed by atoms with E-state index in [1.807, 2.05) is 6.07 Å². The van der Waals surface area contributed by atoms with Gasteiger partial charge in [0.25, 0.3) is 5.91 Å². The molecule has 2 aromatic carbocycles. The molecule has 1 N–H and O–H groups in total. The van der Waals surface area contributed by atoms with Gasteiger partial charge in [-0.15, -0.1) is 0 Å². The minimum Gasteiger partial charge on any atom is -0.486 e. The van der Waals surface area contributed by atoms with Crippen molar-refractivity contribution in [1.82, 2.24) is 0 Å². The van der Waals surface area contributed by atoms with Crippen LogP contribution < -0.4 is 14.8 Å². The molecule has 0 saturated carbocycles. The molecule has 0 spiro atoms. The first kappa shape index (κ1) is 19.8. The van der Waals surface area contributed by atoms with E-state index in [-0.39, 0.29) is 11.4 Å². The van der Waals surface area contributed by atoms with Crippen molar-refractivity contribution in [2.24, 2.45) is 0 Å². The number of nitriles is 1. The Kier molecular flexibility index (Phi) is 6.24. The number of amides is 1. The van der Waals surface area contributed by atoms with Gasteiger partial charge in [0.05, 0.1) is 22.0 Å². The highest BCUT2D eigenvalue weighted by Crippen LogP contribution is 2.38. The van der Waals surface area contributed by atoms with E-state index < -0.39 is 18.5 Å². The maximum atomic E-state index is 12.0. The normalized spacial score (nSPS) is 12.0. The molecule has 0 aliphatic carbocycles. The first-order chi connectivity index (χ1) is 13.5. The predicted molar refractivity (Wildman–Crippen MR) is 102 cm³/mol. The Hall–Kier alpha value is -2.95. The Bertz CT molecular complexity index is 972. The number of carbonyl (C=O) groups is 2. The third-order valence-electron chi connectivity index (χ3n) is 3.74. The molecule has 2 aromatic rings. The molecule has 144 valence electrons. The van der Waals surface area contributed by atoms with Gasteiger partial charge in [0.2, 0.25) is 0 Å². The third-order valence-corrected chi connectivity index (χ3v) is 4.34. The highest BCUT2D eigenvalue weighted by Gasteiger charge is 2.18. The summed E-state index contributed by atoms with van der Waals surface area (Å²) in [5.41, 5.74) is 1.27. The number of hydrogen-bond acceptors (Lipinski definition) is 6. The average molecular weight is 421 g/mol. The fourth-order valence-corrected chi connectivity index (χ4v) is 3.02. The van der Waals surface area contributed by atoms with Gasteiger partial charge >= 0.3 is 5.97 Å². The number of rotatable bonds is 5. The summed E-state index contributed by atoms with van der Waals surface area (Å²) in [6.45, 7) is 0.346. The average Bonchev–Trinajstić information content (AvgIpc) is 2.67. The predicted octanol–water partition coefficient (Wildman–Crippen LogP) is 3.36. The number of carbonyl (C=O) groups excluding carboxylic acids is 2. The van der Waals surface area contributed by atoms with Crippen molar-refractivity contribution >= 4 is 40.8 Å². The van der Waals surface area contributed by atoms with Gasteiger partial charge in [0.15, 0.2) is 18.1 Å². The van der Waals surface area contributed by atoms with Crippen LogP contribution in [-0.4, -0.2) is 31.7 Å². The zero-order valence-electron chi connectivity index (χ0n) is 14.5. The number of hydrogen-bond donors (Lipinski definition) is 1. The van der Waals surface area contributed by atoms with Gasteiger partial charge < -0.3 is 19.5 Å². The highest BCUT2D eigenvalue weighted by molar-refractivity contribution is 6.32.